The van der Waals surface area contributed by atoms with Gasteiger partial charge in [-0.25, -0.2) is 4.79 Å². The number of aliphatic hydroxyl groups is 2. The minimum Gasteiger partial charge on any atom is -0.444 e. The Hall–Kier alpha value is -1.92. The van der Waals surface area contributed by atoms with Crippen molar-refractivity contribution in [3.63, 3.8) is 0 Å². The van der Waals surface area contributed by atoms with Gasteiger partial charge in [0.15, 0.2) is 0 Å². The first-order valence-electron chi connectivity index (χ1n) is 7.52. The molecular weight excluding hydrogens is 298 g/mol. The molecule has 6 nitrogen and oxygen atoms in total. The van der Waals surface area contributed by atoms with Crippen LogP contribution in [0.15, 0.2) is 18.2 Å². The molecule has 0 spiro atoms. The van der Waals surface area contributed by atoms with Gasteiger partial charge < -0.3 is 20.3 Å². The molecule has 1 aromatic rings. The summed E-state index contributed by atoms with van der Waals surface area (Å²) in [7, 11) is 0. The first kappa shape index (κ1) is 19.1. The molecule has 23 heavy (non-hydrogen) atoms. The molecule has 2 atom stereocenters. The van der Waals surface area contributed by atoms with Crippen molar-refractivity contribution in [1.29, 1.82) is 0 Å². The van der Waals surface area contributed by atoms with E-state index < -0.39 is 23.9 Å². The van der Waals surface area contributed by atoms with Crippen LogP contribution in [-0.2, 0) is 4.74 Å². The van der Waals surface area contributed by atoms with E-state index in [0.29, 0.717) is 17.4 Å². The third-order valence-corrected chi connectivity index (χ3v) is 3.16. The second-order valence-electron chi connectivity index (χ2n) is 6.48. The van der Waals surface area contributed by atoms with Crippen LogP contribution >= 0.6 is 0 Å². The lowest BCUT2D eigenvalue weighted by Crippen LogP contribution is -2.34. The highest BCUT2D eigenvalue weighted by atomic mass is 16.6. The number of benzene rings is 1. The standard InChI is InChI=1S/C17H25NO5/c1-11-5-6-13(12(9-11)10-19)15(21)14(20)7-8-18-16(22)23-17(2,3)4/h5-6,9-10,14-15,20-21H,7-8H2,1-4H3,(H,18,22). The van der Waals surface area contributed by atoms with Crippen LogP contribution in [-0.4, -0.2) is 40.8 Å². The fourth-order valence-electron chi connectivity index (χ4n) is 2.07. The number of hydrogen-bond donors (Lipinski definition) is 3. The molecule has 0 saturated heterocycles. The predicted molar refractivity (Wildman–Crippen MR) is 86.4 cm³/mol. The van der Waals surface area contributed by atoms with Gasteiger partial charge in [-0.15, -0.1) is 0 Å². The van der Waals surface area contributed by atoms with Crippen molar-refractivity contribution < 1.29 is 24.5 Å². The number of aldehydes is 1. The van der Waals surface area contributed by atoms with Crippen LogP contribution in [0.4, 0.5) is 4.79 Å². The summed E-state index contributed by atoms with van der Waals surface area (Å²) in [6.07, 6.45) is -2.10. The Balaban J connectivity index is 2.56. The van der Waals surface area contributed by atoms with E-state index in [-0.39, 0.29) is 13.0 Å². The number of nitrogens with one attached hydrogen (secondary N) is 1. The minimum atomic E-state index is -1.20. The van der Waals surface area contributed by atoms with Gasteiger partial charge in [-0.1, -0.05) is 17.7 Å². The molecule has 0 aliphatic heterocycles. The zero-order valence-corrected chi connectivity index (χ0v) is 14.0. The highest BCUT2D eigenvalue weighted by molar-refractivity contribution is 5.78. The Kier molecular flexibility index (Phi) is 6.72. The number of ether oxygens (including phenoxy) is 1. The zero-order chi connectivity index (χ0) is 17.6. The number of aliphatic hydroxyl groups excluding tert-OH is 2. The van der Waals surface area contributed by atoms with Crippen LogP contribution < -0.4 is 5.32 Å². The van der Waals surface area contributed by atoms with Crippen LogP contribution in [0.25, 0.3) is 0 Å². The molecule has 0 heterocycles. The molecule has 6 heteroatoms. The average Bonchev–Trinajstić information content (AvgIpc) is 2.44. The molecule has 0 aliphatic carbocycles. The van der Waals surface area contributed by atoms with Gasteiger partial charge in [0.2, 0.25) is 0 Å². The highest BCUT2D eigenvalue weighted by Gasteiger charge is 2.22. The third kappa shape index (κ3) is 6.38. The van der Waals surface area contributed by atoms with Crippen LogP contribution in [0.5, 0.6) is 0 Å². The summed E-state index contributed by atoms with van der Waals surface area (Å²) in [6.45, 7) is 7.25. The first-order valence-corrected chi connectivity index (χ1v) is 7.52. The number of alkyl carbamates (subject to hydrolysis) is 1. The summed E-state index contributed by atoms with van der Waals surface area (Å²) in [6, 6.07) is 5.03. The van der Waals surface area contributed by atoms with E-state index in [4.69, 9.17) is 4.74 Å². The summed E-state index contributed by atoms with van der Waals surface area (Å²) >= 11 is 0. The molecule has 2 unspecified atom stereocenters. The van der Waals surface area contributed by atoms with E-state index >= 15 is 0 Å². The maximum Gasteiger partial charge on any atom is 0.407 e. The number of hydrogen-bond acceptors (Lipinski definition) is 5. The molecular formula is C17H25NO5. The summed E-state index contributed by atoms with van der Waals surface area (Å²) < 4.78 is 5.07. The van der Waals surface area contributed by atoms with Crippen LogP contribution in [0.2, 0.25) is 0 Å². The topological polar surface area (TPSA) is 95.9 Å². The van der Waals surface area contributed by atoms with Gasteiger partial charge in [-0.2, -0.15) is 0 Å². The predicted octanol–water partition coefficient (Wildman–Crippen LogP) is 2.12. The number of rotatable bonds is 6. The largest absolute Gasteiger partial charge is 0.444 e. The second-order valence-corrected chi connectivity index (χ2v) is 6.48. The lowest BCUT2D eigenvalue weighted by molar-refractivity contribution is 0.0120. The van der Waals surface area contributed by atoms with Crippen molar-refractivity contribution in [2.24, 2.45) is 0 Å². The molecule has 1 amide bonds. The quantitative estimate of drug-likeness (QED) is 0.697. The molecule has 3 N–H and O–H groups in total. The third-order valence-electron chi connectivity index (χ3n) is 3.16. The van der Waals surface area contributed by atoms with Gasteiger partial charge in [0.1, 0.15) is 18.0 Å². The number of carbonyl (C=O) groups is 2. The Morgan fingerprint density at radius 3 is 2.57 bits per heavy atom. The van der Waals surface area contributed by atoms with Gasteiger partial charge >= 0.3 is 6.09 Å². The van der Waals surface area contributed by atoms with Gasteiger partial charge in [0.25, 0.3) is 0 Å². The van der Waals surface area contributed by atoms with Gasteiger partial charge in [-0.3, -0.25) is 4.79 Å². The number of carbonyl (C=O) groups excluding carboxylic acids is 2. The van der Waals surface area contributed by atoms with Gasteiger partial charge in [0.05, 0.1) is 6.10 Å². The van der Waals surface area contributed by atoms with Crippen LogP contribution in [0.1, 0.15) is 54.8 Å². The van der Waals surface area contributed by atoms with Gasteiger partial charge in [0, 0.05) is 12.1 Å². The smallest absolute Gasteiger partial charge is 0.407 e. The molecule has 1 rings (SSSR count). The molecule has 1 aromatic carbocycles. The Morgan fingerprint density at radius 2 is 2.00 bits per heavy atom. The molecule has 0 aromatic heterocycles. The van der Waals surface area contributed by atoms with Crippen LogP contribution in [0.3, 0.4) is 0 Å². The Labute approximate surface area is 136 Å². The Morgan fingerprint density at radius 1 is 1.35 bits per heavy atom. The Bertz CT molecular complexity index is 550. The highest BCUT2D eigenvalue weighted by Crippen LogP contribution is 2.22. The van der Waals surface area contributed by atoms with E-state index in [1.165, 1.54) is 0 Å². The summed E-state index contributed by atoms with van der Waals surface area (Å²) in [5, 5.41) is 22.8. The lowest BCUT2D eigenvalue weighted by Gasteiger charge is -2.22. The van der Waals surface area contributed by atoms with E-state index in [0.717, 1.165) is 5.56 Å². The number of aryl methyl sites for hydroxylation is 1. The van der Waals surface area contributed by atoms with Gasteiger partial charge in [-0.05, 0) is 45.7 Å². The van der Waals surface area contributed by atoms with E-state index in [2.05, 4.69) is 5.32 Å². The fourth-order valence-corrected chi connectivity index (χ4v) is 2.07. The monoisotopic (exact) mass is 323 g/mol. The van der Waals surface area contributed by atoms with Crippen molar-refractivity contribution in [3.05, 3.63) is 34.9 Å². The summed E-state index contributed by atoms with van der Waals surface area (Å²) in [5.41, 5.74) is 1.01. The lowest BCUT2D eigenvalue weighted by atomic mass is 9.96. The maximum atomic E-state index is 11.5. The van der Waals surface area contributed by atoms with Crippen molar-refractivity contribution in [2.45, 2.75) is 51.9 Å². The maximum absolute atomic E-state index is 11.5. The minimum absolute atomic E-state index is 0.132. The van der Waals surface area contributed by atoms with Crippen molar-refractivity contribution in [1.82, 2.24) is 5.32 Å². The van der Waals surface area contributed by atoms with Crippen molar-refractivity contribution in [3.8, 4) is 0 Å². The van der Waals surface area contributed by atoms with E-state index in [9.17, 15) is 19.8 Å². The molecule has 0 saturated carbocycles. The fraction of sp³-hybridized carbons (Fsp3) is 0.529. The summed E-state index contributed by atoms with van der Waals surface area (Å²) in [4.78, 5) is 22.6. The molecule has 0 fully saturated rings. The molecule has 0 aliphatic rings. The molecule has 128 valence electrons. The number of amides is 1. The first-order chi connectivity index (χ1) is 10.6. The van der Waals surface area contributed by atoms with Crippen molar-refractivity contribution >= 4 is 12.4 Å². The molecule has 0 bridgehead atoms. The van der Waals surface area contributed by atoms with E-state index in [1.54, 1.807) is 39.0 Å². The van der Waals surface area contributed by atoms with Crippen molar-refractivity contribution in [2.75, 3.05) is 6.54 Å². The SMILES string of the molecule is Cc1ccc(C(O)C(O)CCNC(=O)OC(C)(C)C)c(C=O)c1. The zero-order valence-electron chi connectivity index (χ0n) is 14.0. The van der Waals surface area contributed by atoms with Crippen LogP contribution in [0, 0.1) is 6.92 Å². The second kappa shape index (κ2) is 8.08. The van der Waals surface area contributed by atoms with E-state index in [1.807, 2.05) is 6.92 Å². The summed E-state index contributed by atoms with van der Waals surface area (Å²) in [5.74, 6) is 0. The molecule has 0 radical (unpaired) electrons. The average molecular weight is 323 g/mol. The normalized spacial score (nSPS) is 14.0.